The van der Waals surface area contributed by atoms with Gasteiger partial charge in [-0.3, -0.25) is 9.36 Å². The third-order valence-electron chi connectivity index (χ3n) is 3.78. The maximum absolute atomic E-state index is 12.5. The molecule has 102 valence electrons. The van der Waals surface area contributed by atoms with E-state index in [2.05, 4.69) is 4.98 Å². The number of aromatic nitrogens is 2. The summed E-state index contributed by atoms with van der Waals surface area (Å²) in [6.07, 6.45) is 4.50. The molecule has 0 amide bonds. The van der Waals surface area contributed by atoms with Crippen LogP contribution in [0.3, 0.4) is 0 Å². The van der Waals surface area contributed by atoms with Gasteiger partial charge in [0.15, 0.2) is 0 Å². The Morgan fingerprint density at radius 2 is 2.16 bits per heavy atom. The van der Waals surface area contributed by atoms with Crippen LogP contribution < -0.4 is 11.3 Å². The molecule has 1 aromatic carbocycles. The van der Waals surface area contributed by atoms with Crippen LogP contribution in [-0.4, -0.2) is 15.6 Å². The molecule has 1 fully saturated rings. The Labute approximate surface area is 118 Å². The van der Waals surface area contributed by atoms with Crippen molar-refractivity contribution in [1.29, 1.82) is 0 Å². The quantitative estimate of drug-likeness (QED) is 0.870. The van der Waals surface area contributed by atoms with E-state index in [4.69, 9.17) is 5.73 Å². The maximum atomic E-state index is 12.5. The lowest BCUT2D eigenvalue weighted by molar-refractivity contribution is 0.491. The standard InChI is InChI=1S/C14H17N3O.ClH/c1-9-2-5-13-12(6-9)14(18)17(8-16-13)11-4-3-10(15)7-11;/h2,5-6,8,10-11H,3-4,7,15H2,1H3;1H/t10-,11-;/m1./s1. The SMILES string of the molecule is Cc1ccc2ncn([C@@H]3CC[C@@H](N)C3)c(=O)c2c1.Cl. The summed E-state index contributed by atoms with van der Waals surface area (Å²) >= 11 is 0. The maximum Gasteiger partial charge on any atom is 0.261 e. The highest BCUT2D eigenvalue weighted by atomic mass is 35.5. The first kappa shape index (κ1) is 14.0. The minimum Gasteiger partial charge on any atom is -0.328 e. The van der Waals surface area contributed by atoms with Gasteiger partial charge in [0, 0.05) is 12.1 Å². The molecule has 1 heterocycles. The summed E-state index contributed by atoms with van der Waals surface area (Å²) in [4.78, 5) is 16.8. The molecule has 0 saturated heterocycles. The van der Waals surface area contributed by atoms with Crippen LogP contribution in [0.5, 0.6) is 0 Å². The summed E-state index contributed by atoms with van der Waals surface area (Å²) in [5, 5.41) is 0.706. The van der Waals surface area contributed by atoms with Crippen molar-refractivity contribution in [3.05, 3.63) is 40.4 Å². The van der Waals surface area contributed by atoms with Crippen LogP contribution in [0.1, 0.15) is 30.9 Å². The minimum absolute atomic E-state index is 0. The van der Waals surface area contributed by atoms with E-state index in [1.807, 2.05) is 25.1 Å². The van der Waals surface area contributed by atoms with Crippen molar-refractivity contribution in [1.82, 2.24) is 9.55 Å². The first-order valence-corrected chi connectivity index (χ1v) is 6.38. The fraction of sp³-hybridized carbons (Fsp3) is 0.429. The van der Waals surface area contributed by atoms with Crippen LogP contribution in [0.4, 0.5) is 0 Å². The van der Waals surface area contributed by atoms with E-state index in [-0.39, 0.29) is 30.0 Å². The number of fused-ring (bicyclic) bond motifs is 1. The molecule has 4 nitrogen and oxygen atoms in total. The van der Waals surface area contributed by atoms with Crippen LogP contribution in [0.25, 0.3) is 10.9 Å². The molecule has 1 aliphatic rings. The molecule has 2 atom stereocenters. The van der Waals surface area contributed by atoms with Gasteiger partial charge in [-0.15, -0.1) is 12.4 Å². The largest absolute Gasteiger partial charge is 0.328 e. The van der Waals surface area contributed by atoms with E-state index in [1.165, 1.54) is 0 Å². The molecular weight excluding hydrogens is 262 g/mol. The predicted octanol–water partition coefficient (Wildman–Crippen LogP) is 2.18. The number of nitrogens with zero attached hydrogens (tertiary/aromatic N) is 2. The summed E-state index contributed by atoms with van der Waals surface area (Å²) in [6, 6.07) is 6.22. The van der Waals surface area contributed by atoms with E-state index in [0.29, 0.717) is 5.39 Å². The molecule has 1 aliphatic carbocycles. The van der Waals surface area contributed by atoms with Crippen LogP contribution in [0.15, 0.2) is 29.3 Å². The van der Waals surface area contributed by atoms with Crippen LogP contribution in [0, 0.1) is 6.92 Å². The van der Waals surface area contributed by atoms with E-state index in [9.17, 15) is 4.79 Å². The number of benzene rings is 1. The van der Waals surface area contributed by atoms with Crippen molar-refractivity contribution in [3.8, 4) is 0 Å². The average Bonchev–Trinajstić information content (AvgIpc) is 2.77. The Kier molecular flexibility index (Phi) is 3.92. The smallest absolute Gasteiger partial charge is 0.261 e. The summed E-state index contributed by atoms with van der Waals surface area (Å²) < 4.78 is 1.76. The van der Waals surface area contributed by atoms with Crippen molar-refractivity contribution in [2.45, 2.75) is 38.3 Å². The highest BCUT2D eigenvalue weighted by molar-refractivity contribution is 5.85. The van der Waals surface area contributed by atoms with E-state index < -0.39 is 0 Å². The molecule has 2 N–H and O–H groups in total. The van der Waals surface area contributed by atoms with E-state index in [0.717, 1.165) is 30.3 Å². The molecule has 0 bridgehead atoms. The van der Waals surface area contributed by atoms with Crippen LogP contribution >= 0.6 is 12.4 Å². The monoisotopic (exact) mass is 279 g/mol. The molecule has 3 rings (SSSR count). The fourth-order valence-electron chi connectivity index (χ4n) is 2.75. The molecule has 1 saturated carbocycles. The number of hydrogen-bond donors (Lipinski definition) is 1. The number of aryl methyl sites for hydroxylation is 1. The summed E-state index contributed by atoms with van der Waals surface area (Å²) in [6.45, 7) is 1.99. The van der Waals surface area contributed by atoms with Gasteiger partial charge in [0.1, 0.15) is 0 Å². The molecular formula is C14H18ClN3O. The lowest BCUT2D eigenvalue weighted by Crippen LogP contribution is -2.25. The lowest BCUT2D eigenvalue weighted by atomic mass is 10.1. The first-order valence-electron chi connectivity index (χ1n) is 6.38. The second kappa shape index (κ2) is 5.31. The third-order valence-corrected chi connectivity index (χ3v) is 3.78. The Hall–Kier alpha value is -1.39. The molecule has 0 spiro atoms. The topological polar surface area (TPSA) is 60.9 Å². The fourth-order valence-corrected chi connectivity index (χ4v) is 2.75. The van der Waals surface area contributed by atoms with Gasteiger partial charge in [0.25, 0.3) is 5.56 Å². The Bertz CT molecular complexity index is 653. The van der Waals surface area contributed by atoms with Crippen molar-refractivity contribution in [3.63, 3.8) is 0 Å². The highest BCUT2D eigenvalue weighted by Crippen LogP contribution is 2.27. The van der Waals surface area contributed by atoms with Crippen molar-refractivity contribution in [2.75, 3.05) is 0 Å². The zero-order chi connectivity index (χ0) is 12.7. The van der Waals surface area contributed by atoms with E-state index >= 15 is 0 Å². The van der Waals surface area contributed by atoms with Crippen molar-refractivity contribution >= 4 is 23.3 Å². The Morgan fingerprint density at radius 3 is 2.84 bits per heavy atom. The number of rotatable bonds is 1. The molecule has 1 aromatic heterocycles. The molecule has 0 radical (unpaired) electrons. The Balaban J connectivity index is 0.00000133. The molecule has 2 aromatic rings. The molecule has 0 aliphatic heterocycles. The summed E-state index contributed by atoms with van der Waals surface area (Å²) in [5.74, 6) is 0. The third kappa shape index (κ3) is 2.51. The molecule has 0 unspecified atom stereocenters. The van der Waals surface area contributed by atoms with Crippen LogP contribution in [-0.2, 0) is 0 Å². The molecule has 5 heteroatoms. The summed E-state index contributed by atoms with van der Waals surface area (Å²) in [5.41, 5.74) is 7.82. The second-order valence-electron chi connectivity index (χ2n) is 5.20. The number of hydrogen-bond acceptors (Lipinski definition) is 3. The van der Waals surface area contributed by atoms with Gasteiger partial charge < -0.3 is 5.73 Å². The van der Waals surface area contributed by atoms with Gasteiger partial charge in [0.2, 0.25) is 0 Å². The lowest BCUT2D eigenvalue weighted by Gasteiger charge is -2.13. The number of nitrogens with two attached hydrogens (primary N) is 1. The minimum atomic E-state index is 0. The zero-order valence-electron chi connectivity index (χ0n) is 10.9. The summed E-state index contributed by atoms with van der Waals surface area (Å²) in [7, 11) is 0. The second-order valence-corrected chi connectivity index (χ2v) is 5.20. The molecule has 19 heavy (non-hydrogen) atoms. The van der Waals surface area contributed by atoms with Gasteiger partial charge in [-0.1, -0.05) is 11.6 Å². The van der Waals surface area contributed by atoms with Gasteiger partial charge in [-0.05, 0) is 38.3 Å². The van der Waals surface area contributed by atoms with Gasteiger partial charge in [-0.25, -0.2) is 4.98 Å². The number of halogens is 1. The van der Waals surface area contributed by atoms with Crippen molar-refractivity contribution < 1.29 is 0 Å². The highest BCUT2D eigenvalue weighted by Gasteiger charge is 2.24. The zero-order valence-corrected chi connectivity index (χ0v) is 11.7. The Morgan fingerprint density at radius 1 is 1.37 bits per heavy atom. The van der Waals surface area contributed by atoms with E-state index in [1.54, 1.807) is 10.9 Å². The predicted molar refractivity (Wildman–Crippen MR) is 78.9 cm³/mol. The normalized spacial score (nSPS) is 22.4. The van der Waals surface area contributed by atoms with Gasteiger partial charge in [-0.2, -0.15) is 0 Å². The van der Waals surface area contributed by atoms with Crippen molar-refractivity contribution in [2.24, 2.45) is 5.73 Å². The van der Waals surface area contributed by atoms with Gasteiger partial charge in [0.05, 0.1) is 17.2 Å². The first-order chi connectivity index (χ1) is 8.65. The van der Waals surface area contributed by atoms with Crippen LogP contribution in [0.2, 0.25) is 0 Å². The van der Waals surface area contributed by atoms with Gasteiger partial charge >= 0.3 is 0 Å². The average molecular weight is 280 g/mol.